The monoisotopic (exact) mass is 303 g/mol. The van der Waals surface area contributed by atoms with Crippen molar-refractivity contribution < 1.29 is 17.2 Å². The van der Waals surface area contributed by atoms with Gasteiger partial charge in [0.2, 0.25) is 0 Å². The fourth-order valence-corrected chi connectivity index (χ4v) is 4.96. The van der Waals surface area contributed by atoms with Crippen molar-refractivity contribution in [2.75, 3.05) is 7.05 Å². The van der Waals surface area contributed by atoms with Crippen molar-refractivity contribution in [3.05, 3.63) is 29.8 Å². The summed E-state index contributed by atoms with van der Waals surface area (Å²) in [7, 11) is -2.17. The number of benzene rings is 1. The van der Waals surface area contributed by atoms with Crippen LogP contribution < -0.4 is 5.32 Å². The molecule has 112 valence electrons. The van der Waals surface area contributed by atoms with Gasteiger partial charge >= 0.3 is 0 Å². The van der Waals surface area contributed by atoms with Gasteiger partial charge in [0.1, 0.15) is 16.5 Å². The van der Waals surface area contributed by atoms with Crippen LogP contribution in [0.5, 0.6) is 0 Å². The first-order valence-corrected chi connectivity index (χ1v) is 8.37. The van der Waals surface area contributed by atoms with Crippen molar-refractivity contribution in [1.29, 1.82) is 0 Å². The highest BCUT2D eigenvalue weighted by molar-refractivity contribution is 7.92. The molecular formula is C14H19F2NO2S. The molecule has 1 N–H and O–H groups in total. The molecule has 1 aromatic rings. The Morgan fingerprint density at radius 3 is 2.55 bits per heavy atom. The Balaban J connectivity index is 2.44. The maximum Gasteiger partial charge on any atom is 0.185 e. The number of rotatable bonds is 3. The third kappa shape index (κ3) is 3.01. The van der Waals surface area contributed by atoms with Crippen LogP contribution in [0.3, 0.4) is 0 Å². The molecule has 0 aromatic heterocycles. The average Bonchev–Trinajstić information content (AvgIpc) is 2.66. The fraction of sp³-hybridized carbons (Fsp3) is 0.571. The molecule has 1 fully saturated rings. The molecule has 1 aromatic carbocycles. The maximum atomic E-state index is 13.8. The van der Waals surface area contributed by atoms with E-state index in [1.54, 1.807) is 7.05 Å². The molecule has 1 saturated carbocycles. The predicted molar refractivity (Wildman–Crippen MR) is 73.3 cm³/mol. The van der Waals surface area contributed by atoms with E-state index in [0.717, 1.165) is 43.9 Å². The normalized spacial score (nSPS) is 24.4. The summed E-state index contributed by atoms with van der Waals surface area (Å²) in [6.07, 6.45) is 3.92. The second-order valence-corrected chi connectivity index (χ2v) is 7.33. The zero-order valence-corrected chi connectivity index (χ0v) is 12.2. The molecule has 0 aliphatic heterocycles. The second-order valence-electron chi connectivity index (χ2n) is 5.19. The summed E-state index contributed by atoms with van der Waals surface area (Å²) in [6.45, 7) is 0. The minimum Gasteiger partial charge on any atom is -0.316 e. The van der Waals surface area contributed by atoms with Gasteiger partial charge in [-0.15, -0.1) is 0 Å². The van der Waals surface area contributed by atoms with Gasteiger partial charge in [-0.25, -0.2) is 17.2 Å². The second kappa shape index (κ2) is 6.18. The molecule has 0 heterocycles. The smallest absolute Gasteiger partial charge is 0.185 e. The van der Waals surface area contributed by atoms with Crippen molar-refractivity contribution >= 4 is 9.84 Å². The number of hydrogen-bond acceptors (Lipinski definition) is 3. The van der Waals surface area contributed by atoms with Crippen molar-refractivity contribution in [1.82, 2.24) is 5.32 Å². The Kier molecular flexibility index (Phi) is 4.75. The quantitative estimate of drug-likeness (QED) is 0.873. The van der Waals surface area contributed by atoms with E-state index >= 15 is 0 Å². The molecule has 1 aliphatic carbocycles. The SMILES string of the molecule is CNC1CCCCCC1S(=O)(=O)c1cc(F)ccc1F. The molecule has 1 aliphatic rings. The summed E-state index contributed by atoms with van der Waals surface area (Å²) in [6, 6.07) is 2.36. The molecule has 6 heteroatoms. The summed E-state index contributed by atoms with van der Waals surface area (Å²) in [4.78, 5) is -0.523. The van der Waals surface area contributed by atoms with Gasteiger partial charge in [-0.1, -0.05) is 19.3 Å². The Hall–Kier alpha value is -1.01. The van der Waals surface area contributed by atoms with Gasteiger partial charge in [0.15, 0.2) is 9.84 Å². The molecule has 2 rings (SSSR count). The lowest BCUT2D eigenvalue weighted by molar-refractivity contribution is 0.475. The van der Waals surface area contributed by atoms with Crippen LogP contribution in [0.1, 0.15) is 32.1 Å². The first-order valence-electron chi connectivity index (χ1n) is 6.83. The average molecular weight is 303 g/mol. The highest BCUT2D eigenvalue weighted by Gasteiger charge is 2.36. The van der Waals surface area contributed by atoms with Gasteiger partial charge in [0.25, 0.3) is 0 Å². The van der Waals surface area contributed by atoms with E-state index in [1.165, 1.54) is 0 Å². The Morgan fingerprint density at radius 2 is 1.85 bits per heavy atom. The van der Waals surface area contributed by atoms with Crippen LogP contribution in [0, 0.1) is 11.6 Å². The molecule has 20 heavy (non-hydrogen) atoms. The molecule has 3 nitrogen and oxygen atoms in total. The van der Waals surface area contributed by atoms with Gasteiger partial charge in [0, 0.05) is 6.04 Å². The topological polar surface area (TPSA) is 46.2 Å². The van der Waals surface area contributed by atoms with Gasteiger partial charge in [0.05, 0.1) is 5.25 Å². The lowest BCUT2D eigenvalue weighted by atomic mass is 10.1. The maximum absolute atomic E-state index is 13.8. The summed E-state index contributed by atoms with van der Waals surface area (Å²) in [5, 5.41) is 2.31. The third-order valence-corrected chi connectivity index (χ3v) is 6.21. The Bertz CT molecular complexity index is 575. The van der Waals surface area contributed by atoms with Gasteiger partial charge in [-0.2, -0.15) is 0 Å². The van der Waals surface area contributed by atoms with Crippen molar-refractivity contribution in [2.45, 2.75) is 48.3 Å². The van der Waals surface area contributed by atoms with Gasteiger partial charge < -0.3 is 5.32 Å². The van der Waals surface area contributed by atoms with E-state index < -0.39 is 31.6 Å². The predicted octanol–water partition coefficient (Wildman–Crippen LogP) is 2.66. The molecule has 2 atom stereocenters. The van der Waals surface area contributed by atoms with Crippen molar-refractivity contribution in [2.24, 2.45) is 0 Å². The van der Waals surface area contributed by atoms with Crippen LogP contribution in [0.2, 0.25) is 0 Å². The summed E-state index contributed by atoms with van der Waals surface area (Å²) in [5.41, 5.74) is 0. The lowest BCUT2D eigenvalue weighted by Crippen LogP contribution is -2.42. The van der Waals surface area contributed by atoms with E-state index in [1.807, 2.05) is 0 Å². The van der Waals surface area contributed by atoms with Gasteiger partial charge in [-0.05, 0) is 38.1 Å². The summed E-state index contributed by atoms with van der Waals surface area (Å²) < 4.78 is 52.3. The lowest BCUT2D eigenvalue weighted by Gasteiger charge is -2.24. The highest BCUT2D eigenvalue weighted by Crippen LogP contribution is 2.29. The zero-order valence-electron chi connectivity index (χ0n) is 11.4. The van der Waals surface area contributed by atoms with Crippen LogP contribution in [0.25, 0.3) is 0 Å². The van der Waals surface area contributed by atoms with Gasteiger partial charge in [-0.3, -0.25) is 0 Å². The van der Waals surface area contributed by atoms with Crippen LogP contribution >= 0.6 is 0 Å². The summed E-state index contributed by atoms with van der Waals surface area (Å²) >= 11 is 0. The third-order valence-electron chi connectivity index (χ3n) is 3.92. The minimum atomic E-state index is -3.88. The van der Waals surface area contributed by atoms with Crippen molar-refractivity contribution in [3.63, 3.8) is 0 Å². The van der Waals surface area contributed by atoms with E-state index in [-0.39, 0.29) is 6.04 Å². The Labute approximate surface area is 118 Å². The number of sulfone groups is 1. The highest BCUT2D eigenvalue weighted by atomic mass is 32.2. The molecule has 0 saturated heterocycles. The molecule has 0 radical (unpaired) electrons. The first kappa shape index (κ1) is 15.4. The largest absolute Gasteiger partial charge is 0.316 e. The Morgan fingerprint density at radius 1 is 1.15 bits per heavy atom. The minimum absolute atomic E-state index is 0.217. The van der Waals surface area contributed by atoms with E-state index in [2.05, 4.69) is 5.32 Å². The molecule has 2 unspecified atom stereocenters. The molecule has 0 bridgehead atoms. The van der Waals surface area contributed by atoms with Crippen LogP contribution in [-0.2, 0) is 9.84 Å². The van der Waals surface area contributed by atoms with Crippen molar-refractivity contribution in [3.8, 4) is 0 Å². The van der Waals surface area contributed by atoms with E-state index in [0.29, 0.717) is 6.42 Å². The van der Waals surface area contributed by atoms with Crippen LogP contribution in [0.4, 0.5) is 8.78 Å². The molecular weight excluding hydrogens is 284 g/mol. The summed E-state index contributed by atoms with van der Waals surface area (Å²) in [5.74, 6) is -1.62. The number of halogens is 2. The molecule has 0 spiro atoms. The standard InChI is InChI=1S/C14H19F2NO2S/c1-17-12-5-3-2-4-6-13(12)20(18,19)14-9-10(15)7-8-11(14)16/h7-9,12-13,17H,2-6H2,1H3. The van der Waals surface area contributed by atoms with E-state index in [9.17, 15) is 17.2 Å². The zero-order chi connectivity index (χ0) is 14.8. The molecule has 0 amide bonds. The van der Waals surface area contributed by atoms with E-state index in [4.69, 9.17) is 0 Å². The number of nitrogens with one attached hydrogen (secondary N) is 1. The number of hydrogen-bond donors (Lipinski definition) is 1. The van der Waals surface area contributed by atoms with Crippen LogP contribution in [0.15, 0.2) is 23.1 Å². The first-order chi connectivity index (χ1) is 9.46. The van der Waals surface area contributed by atoms with Crippen LogP contribution in [-0.4, -0.2) is 26.8 Å². The fourth-order valence-electron chi connectivity index (χ4n) is 2.83.